The molecule has 1 aromatic heterocycles. The molecule has 0 fully saturated rings. The third kappa shape index (κ3) is 3.20. The third-order valence-electron chi connectivity index (χ3n) is 4.51. The minimum absolute atomic E-state index is 0.330. The fourth-order valence-electron chi connectivity index (χ4n) is 3.20. The van der Waals surface area contributed by atoms with E-state index < -0.39 is 0 Å². The average molecular weight is 356 g/mol. The number of hydrogen-bond acceptors (Lipinski definition) is 5. The summed E-state index contributed by atoms with van der Waals surface area (Å²) in [6.07, 6.45) is 2.93. The molecule has 1 N–H and O–H groups in total. The van der Waals surface area contributed by atoms with Gasteiger partial charge in [-0.3, -0.25) is 4.79 Å². The van der Waals surface area contributed by atoms with Crippen LogP contribution >= 0.6 is 11.3 Å². The van der Waals surface area contributed by atoms with E-state index in [1.165, 1.54) is 30.4 Å². The van der Waals surface area contributed by atoms with Gasteiger partial charge in [0.2, 0.25) is 0 Å². The molecule has 0 spiro atoms. The summed E-state index contributed by atoms with van der Waals surface area (Å²) in [5.41, 5.74) is 2.01. The number of rotatable bonds is 4. The fourth-order valence-corrected chi connectivity index (χ4v) is 4.55. The zero-order valence-electron chi connectivity index (χ0n) is 14.5. The number of hydrogen-bond donors (Lipinski definition) is 1. The predicted molar refractivity (Wildman–Crippen MR) is 97.7 cm³/mol. The number of amides is 1. The maximum atomic E-state index is 12.8. The normalized spacial score (nSPS) is 15.8. The van der Waals surface area contributed by atoms with Gasteiger partial charge in [-0.1, -0.05) is 13.0 Å². The molecule has 3 rings (SSSR count). The van der Waals surface area contributed by atoms with E-state index >= 15 is 0 Å². The minimum Gasteiger partial charge on any atom is -0.496 e. The summed E-state index contributed by atoms with van der Waals surface area (Å²) in [6, 6.07) is 7.45. The van der Waals surface area contributed by atoms with Crippen LogP contribution in [0.5, 0.6) is 11.5 Å². The van der Waals surface area contributed by atoms with E-state index in [2.05, 4.69) is 18.3 Å². The maximum Gasteiger partial charge on any atom is 0.263 e. The van der Waals surface area contributed by atoms with Gasteiger partial charge in [0.1, 0.15) is 28.1 Å². The first-order valence-corrected chi connectivity index (χ1v) is 8.97. The molecule has 2 aromatic rings. The van der Waals surface area contributed by atoms with Crippen molar-refractivity contribution in [3.63, 3.8) is 0 Å². The van der Waals surface area contributed by atoms with Gasteiger partial charge in [-0.05, 0) is 42.9 Å². The van der Waals surface area contributed by atoms with Crippen LogP contribution in [0.2, 0.25) is 0 Å². The van der Waals surface area contributed by atoms with Gasteiger partial charge in [0, 0.05) is 4.88 Å². The molecule has 5 nitrogen and oxygen atoms in total. The second-order valence-electron chi connectivity index (χ2n) is 6.16. The average Bonchev–Trinajstić information content (AvgIpc) is 2.96. The number of anilines is 1. The summed E-state index contributed by atoms with van der Waals surface area (Å²) in [5.74, 6) is 1.14. The molecule has 0 bridgehead atoms. The molecule has 25 heavy (non-hydrogen) atoms. The van der Waals surface area contributed by atoms with Crippen molar-refractivity contribution in [1.29, 1.82) is 5.26 Å². The first-order valence-electron chi connectivity index (χ1n) is 8.16. The number of ether oxygens (including phenoxy) is 2. The van der Waals surface area contributed by atoms with Crippen LogP contribution < -0.4 is 14.8 Å². The molecular weight excluding hydrogens is 336 g/mol. The van der Waals surface area contributed by atoms with E-state index in [0.29, 0.717) is 33.5 Å². The van der Waals surface area contributed by atoms with Crippen molar-refractivity contribution in [2.24, 2.45) is 5.92 Å². The largest absolute Gasteiger partial charge is 0.496 e. The molecule has 1 aliphatic rings. The summed E-state index contributed by atoms with van der Waals surface area (Å²) >= 11 is 1.50. The summed E-state index contributed by atoms with van der Waals surface area (Å²) in [4.78, 5) is 14.1. The lowest BCUT2D eigenvalue weighted by Crippen LogP contribution is -2.14. The molecule has 1 aliphatic carbocycles. The Morgan fingerprint density at radius 1 is 1.32 bits per heavy atom. The lowest BCUT2D eigenvalue weighted by atomic mass is 9.88. The number of fused-ring (bicyclic) bond motifs is 1. The Kier molecular flexibility index (Phi) is 4.95. The number of methoxy groups -OCH3 is 2. The van der Waals surface area contributed by atoms with Crippen molar-refractivity contribution in [3.05, 3.63) is 39.8 Å². The Balaban J connectivity index is 1.97. The van der Waals surface area contributed by atoms with Crippen molar-refractivity contribution in [1.82, 2.24) is 0 Å². The van der Waals surface area contributed by atoms with Crippen LogP contribution in [-0.4, -0.2) is 20.1 Å². The topological polar surface area (TPSA) is 71.3 Å². The maximum absolute atomic E-state index is 12.8. The number of nitriles is 1. The smallest absolute Gasteiger partial charge is 0.263 e. The molecule has 0 aliphatic heterocycles. The van der Waals surface area contributed by atoms with Crippen LogP contribution in [0.4, 0.5) is 5.00 Å². The van der Waals surface area contributed by atoms with E-state index in [1.807, 2.05) is 0 Å². The van der Waals surface area contributed by atoms with Crippen LogP contribution in [0.1, 0.15) is 39.7 Å². The molecule has 1 amide bonds. The molecule has 1 atom stereocenters. The SMILES string of the molecule is COc1cccc(OC)c1C(=O)Nc1sc2c(c1C#N)CC[C@@H](C)C2. The van der Waals surface area contributed by atoms with Gasteiger partial charge in [0.05, 0.1) is 19.8 Å². The summed E-state index contributed by atoms with van der Waals surface area (Å²) in [6.45, 7) is 2.21. The van der Waals surface area contributed by atoms with Gasteiger partial charge in [-0.2, -0.15) is 5.26 Å². The molecular formula is C19H20N2O3S. The minimum atomic E-state index is -0.336. The summed E-state index contributed by atoms with van der Waals surface area (Å²) < 4.78 is 10.6. The van der Waals surface area contributed by atoms with Crippen LogP contribution in [-0.2, 0) is 12.8 Å². The third-order valence-corrected chi connectivity index (χ3v) is 5.68. The molecule has 0 saturated heterocycles. The van der Waals surface area contributed by atoms with E-state index in [9.17, 15) is 10.1 Å². The van der Waals surface area contributed by atoms with Crippen molar-refractivity contribution in [2.45, 2.75) is 26.2 Å². The van der Waals surface area contributed by atoms with Gasteiger partial charge in [0.25, 0.3) is 5.91 Å². The van der Waals surface area contributed by atoms with Gasteiger partial charge >= 0.3 is 0 Å². The quantitative estimate of drug-likeness (QED) is 0.898. The standard InChI is InChI=1S/C19H20N2O3S/c1-11-7-8-12-13(10-20)19(25-16(12)9-11)21-18(22)17-14(23-2)5-4-6-15(17)24-3/h4-6,11H,7-9H2,1-3H3,(H,21,22)/t11-/m1/s1. The van der Waals surface area contributed by atoms with Crippen LogP contribution in [0.3, 0.4) is 0 Å². The van der Waals surface area contributed by atoms with Gasteiger partial charge in [0.15, 0.2) is 0 Å². The zero-order chi connectivity index (χ0) is 18.0. The molecule has 6 heteroatoms. The Morgan fingerprint density at radius 3 is 2.60 bits per heavy atom. The second-order valence-corrected chi connectivity index (χ2v) is 7.26. The van der Waals surface area contributed by atoms with Gasteiger partial charge in [-0.15, -0.1) is 11.3 Å². The van der Waals surface area contributed by atoms with E-state index in [-0.39, 0.29) is 5.91 Å². The number of thiophene rings is 1. The number of carbonyl (C=O) groups is 1. The Labute approximate surface area is 151 Å². The highest BCUT2D eigenvalue weighted by Crippen LogP contribution is 2.40. The van der Waals surface area contributed by atoms with Crippen LogP contribution in [0.25, 0.3) is 0 Å². The second kappa shape index (κ2) is 7.16. The molecule has 0 unspecified atom stereocenters. The number of nitrogens with one attached hydrogen (secondary N) is 1. The van der Waals surface area contributed by atoms with E-state index in [1.54, 1.807) is 18.2 Å². The Hall–Kier alpha value is -2.52. The predicted octanol–water partition coefficient (Wildman–Crippen LogP) is 4.01. The lowest BCUT2D eigenvalue weighted by molar-refractivity contribution is 0.102. The number of carbonyl (C=O) groups excluding carboxylic acids is 1. The zero-order valence-corrected chi connectivity index (χ0v) is 15.3. The van der Waals surface area contributed by atoms with Crippen LogP contribution in [0, 0.1) is 17.2 Å². The van der Waals surface area contributed by atoms with E-state index in [0.717, 1.165) is 24.8 Å². The number of benzene rings is 1. The molecule has 0 saturated carbocycles. The van der Waals surface area contributed by atoms with Crippen LogP contribution in [0.15, 0.2) is 18.2 Å². The Morgan fingerprint density at radius 2 is 2.00 bits per heavy atom. The lowest BCUT2D eigenvalue weighted by Gasteiger charge is -2.17. The van der Waals surface area contributed by atoms with Crippen molar-refractivity contribution in [3.8, 4) is 17.6 Å². The highest BCUT2D eigenvalue weighted by atomic mass is 32.1. The van der Waals surface area contributed by atoms with Gasteiger partial charge in [-0.25, -0.2) is 0 Å². The van der Waals surface area contributed by atoms with Crippen molar-refractivity contribution < 1.29 is 14.3 Å². The molecule has 130 valence electrons. The van der Waals surface area contributed by atoms with Crippen molar-refractivity contribution in [2.75, 3.05) is 19.5 Å². The summed E-state index contributed by atoms with van der Waals surface area (Å²) in [5, 5.41) is 13.1. The highest BCUT2D eigenvalue weighted by Gasteiger charge is 2.26. The molecule has 1 heterocycles. The fraction of sp³-hybridized carbons (Fsp3) is 0.368. The van der Waals surface area contributed by atoms with Crippen molar-refractivity contribution >= 4 is 22.2 Å². The first-order chi connectivity index (χ1) is 12.1. The van der Waals surface area contributed by atoms with E-state index in [4.69, 9.17) is 9.47 Å². The monoisotopic (exact) mass is 356 g/mol. The number of nitrogens with zero attached hydrogens (tertiary/aromatic N) is 1. The summed E-state index contributed by atoms with van der Waals surface area (Å²) in [7, 11) is 3.02. The first kappa shape index (κ1) is 17.3. The van der Waals surface area contributed by atoms with Gasteiger partial charge < -0.3 is 14.8 Å². The highest BCUT2D eigenvalue weighted by molar-refractivity contribution is 7.16. The molecule has 1 aromatic carbocycles. The molecule has 0 radical (unpaired) electrons. The Bertz CT molecular complexity index is 829.